The largest absolute Gasteiger partial charge is 0.461 e. The molecule has 0 fully saturated rings. The third-order valence-electron chi connectivity index (χ3n) is 2.12. The van der Waals surface area contributed by atoms with Crippen LogP contribution in [0.25, 0.3) is 0 Å². The number of esters is 1. The van der Waals surface area contributed by atoms with Crippen molar-refractivity contribution in [1.82, 2.24) is 0 Å². The molecular formula is C13H17NO3. The van der Waals surface area contributed by atoms with Gasteiger partial charge < -0.3 is 9.57 Å². The number of rotatable bonds is 5. The first kappa shape index (κ1) is 13.2. The van der Waals surface area contributed by atoms with Crippen LogP contribution in [0.3, 0.4) is 0 Å². The lowest BCUT2D eigenvalue weighted by atomic mass is 10.2. The van der Waals surface area contributed by atoms with Crippen molar-refractivity contribution in [2.45, 2.75) is 27.4 Å². The van der Waals surface area contributed by atoms with E-state index >= 15 is 0 Å². The van der Waals surface area contributed by atoms with Gasteiger partial charge in [-0.05, 0) is 26.3 Å². The van der Waals surface area contributed by atoms with Gasteiger partial charge in [0.15, 0.2) is 5.71 Å². The van der Waals surface area contributed by atoms with Gasteiger partial charge in [0.05, 0.1) is 6.61 Å². The number of nitrogens with zero attached hydrogens (tertiary/aromatic N) is 1. The number of benzene rings is 1. The summed E-state index contributed by atoms with van der Waals surface area (Å²) in [4.78, 5) is 16.3. The number of aryl methyl sites for hydroxylation is 1. The van der Waals surface area contributed by atoms with E-state index in [1.807, 2.05) is 31.2 Å². The monoisotopic (exact) mass is 235 g/mol. The average Bonchev–Trinajstić information content (AvgIpc) is 2.32. The Morgan fingerprint density at radius 2 is 1.94 bits per heavy atom. The predicted octanol–water partition coefficient (Wildman–Crippen LogP) is 2.45. The van der Waals surface area contributed by atoms with Gasteiger partial charge in [0.1, 0.15) is 6.61 Å². The molecule has 0 atom stereocenters. The van der Waals surface area contributed by atoms with Crippen LogP contribution in [0.15, 0.2) is 29.4 Å². The van der Waals surface area contributed by atoms with Gasteiger partial charge in [-0.2, -0.15) is 0 Å². The number of ether oxygens (including phenoxy) is 1. The van der Waals surface area contributed by atoms with E-state index in [1.54, 1.807) is 13.8 Å². The second-order valence-electron chi connectivity index (χ2n) is 3.66. The van der Waals surface area contributed by atoms with Crippen LogP contribution in [0.2, 0.25) is 0 Å². The molecule has 0 aliphatic heterocycles. The Bertz CT molecular complexity index is 396. The van der Waals surface area contributed by atoms with Crippen molar-refractivity contribution in [2.75, 3.05) is 6.61 Å². The first-order valence-electron chi connectivity index (χ1n) is 5.52. The summed E-state index contributed by atoms with van der Waals surface area (Å²) in [6.07, 6.45) is 0. The SMILES string of the molecule is CCOC(=O)/C(C)=N\OCc1ccc(C)cc1. The van der Waals surface area contributed by atoms with E-state index < -0.39 is 5.97 Å². The first-order chi connectivity index (χ1) is 8.13. The summed E-state index contributed by atoms with van der Waals surface area (Å²) in [5.41, 5.74) is 2.43. The Balaban J connectivity index is 2.43. The van der Waals surface area contributed by atoms with E-state index in [4.69, 9.17) is 9.57 Å². The van der Waals surface area contributed by atoms with Crippen LogP contribution in [-0.2, 0) is 21.0 Å². The highest BCUT2D eigenvalue weighted by molar-refractivity contribution is 6.35. The molecule has 0 bridgehead atoms. The highest BCUT2D eigenvalue weighted by Crippen LogP contribution is 2.04. The Morgan fingerprint density at radius 3 is 2.53 bits per heavy atom. The van der Waals surface area contributed by atoms with Crippen molar-refractivity contribution in [2.24, 2.45) is 5.16 Å². The van der Waals surface area contributed by atoms with E-state index in [-0.39, 0.29) is 5.71 Å². The van der Waals surface area contributed by atoms with Crippen LogP contribution in [0.5, 0.6) is 0 Å². The summed E-state index contributed by atoms with van der Waals surface area (Å²) in [5, 5.41) is 3.70. The molecule has 0 amide bonds. The molecule has 1 rings (SSSR count). The van der Waals surface area contributed by atoms with Crippen molar-refractivity contribution >= 4 is 11.7 Å². The minimum atomic E-state index is -0.448. The molecule has 0 unspecified atom stereocenters. The zero-order chi connectivity index (χ0) is 12.7. The van der Waals surface area contributed by atoms with Crippen LogP contribution in [-0.4, -0.2) is 18.3 Å². The third kappa shape index (κ3) is 4.68. The second kappa shape index (κ2) is 6.68. The number of hydrogen-bond acceptors (Lipinski definition) is 4. The Morgan fingerprint density at radius 1 is 1.29 bits per heavy atom. The first-order valence-corrected chi connectivity index (χ1v) is 5.52. The molecule has 1 aromatic rings. The summed E-state index contributed by atoms with van der Waals surface area (Å²) in [5.74, 6) is -0.448. The molecule has 0 aromatic heterocycles. The summed E-state index contributed by atoms with van der Waals surface area (Å²) < 4.78 is 4.77. The van der Waals surface area contributed by atoms with E-state index in [1.165, 1.54) is 5.56 Å². The Labute approximate surface area is 101 Å². The minimum absolute atomic E-state index is 0.221. The topological polar surface area (TPSA) is 47.9 Å². The van der Waals surface area contributed by atoms with Crippen molar-refractivity contribution in [3.8, 4) is 0 Å². The van der Waals surface area contributed by atoms with Crippen LogP contribution in [0, 0.1) is 6.92 Å². The molecule has 0 aliphatic carbocycles. The number of carbonyl (C=O) groups excluding carboxylic acids is 1. The zero-order valence-electron chi connectivity index (χ0n) is 10.4. The van der Waals surface area contributed by atoms with Gasteiger partial charge in [0.25, 0.3) is 0 Å². The fourth-order valence-corrected chi connectivity index (χ4v) is 1.16. The molecule has 0 N–H and O–H groups in total. The van der Waals surface area contributed by atoms with E-state index in [0.717, 1.165) is 5.56 Å². The molecule has 4 heteroatoms. The van der Waals surface area contributed by atoms with Gasteiger partial charge in [-0.25, -0.2) is 4.79 Å². The maximum absolute atomic E-state index is 11.2. The highest BCUT2D eigenvalue weighted by Gasteiger charge is 2.06. The summed E-state index contributed by atoms with van der Waals surface area (Å²) in [6, 6.07) is 7.93. The zero-order valence-corrected chi connectivity index (χ0v) is 10.4. The van der Waals surface area contributed by atoms with Gasteiger partial charge in [-0.15, -0.1) is 0 Å². The van der Waals surface area contributed by atoms with Gasteiger partial charge in [-0.3, -0.25) is 0 Å². The molecule has 1 aromatic carbocycles. The lowest BCUT2D eigenvalue weighted by Crippen LogP contribution is -2.14. The van der Waals surface area contributed by atoms with Crippen molar-refractivity contribution in [3.63, 3.8) is 0 Å². The maximum atomic E-state index is 11.2. The standard InChI is InChI=1S/C13H17NO3/c1-4-16-13(15)11(3)14-17-9-12-7-5-10(2)6-8-12/h5-8H,4,9H2,1-3H3/b14-11-. The van der Waals surface area contributed by atoms with E-state index in [9.17, 15) is 4.79 Å². The Kier molecular flexibility index (Phi) is 5.20. The molecule has 92 valence electrons. The highest BCUT2D eigenvalue weighted by atomic mass is 16.6. The Hall–Kier alpha value is -1.84. The van der Waals surface area contributed by atoms with Gasteiger partial charge in [0, 0.05) is 0 Å². The minimum Gasteiger partial charge on any atom is -0.461 e. The molecule has 0 radical (unpaired) electrons. The molecule has 17 heavy (non-hydrogen) atoms. The van der Waals surface area contributed by atoms with Crippen molar-refractivity contribution in [3.05, 3.63) is 35.4 Å². The van der Waals surface area contributed by atoms with Gasteiger partial charge in [-0.1, -0.05) is 35.0 Å². The number of oxime groups is 1. The summed E-state index contributed by atoms with van der Waals surface area (Å²) >= 11 is 0. The van der Waals surface area contributed by atoms with Crippen LogP contribution >= 0.6 is 0 Å². The van der Waals surface area contributed by atoms with Crippen molar-refractivity contribution < 1.29 is 14.4 Å². The summed E-state index contributed by atoms with van der Waals surface area (Å²) in [7, 11) is 0. The lowest BCUT2D eigenvalue weighted by molar-refractivity contribution is -0.135. The molecule has 0 saturated carbocycles. The quantitative estimate of drug-likeness (QED) is 0.447. The molecule has 0 saturated heterocycles. The average molecular weight is 235 g/mol. The lowest BCUT2D eigenvalue weighted by Gasteiger charge is -2.02. The second-order valence-corrected chi connectivity index (χ2v) is 3.66. The fourth-order valence-electron chi connectivity index (χ4n) is 1.16. The van der Waals surface area contributed by atoms with Crippen molar-refractivity contribution in [1.29, 1.82) is 0 Å². The predicted molar refractivity (Wildman–Crippen MR) is 65.7 cm³/mol. The maximum Gasteiger partial charge on any atom is 0.355 e. The number of hydrogen-bond donors (Lipinski definition) is 0. The number of carbonyl (C=O) groups is 1. The van der Waals surface area contributed by atoms with E-state index in [0.29, 0.717) is 13.2 Å². The normalized spacial score (nSPS) is 11.1. The summed E-state index contributed by atoms with van der Waals surface area (Å²) in [6.45, 7) is 6.01. The molecule has 0 spiro atoms. The van der Waals surface area contributed by atoms with Crippen LogP contribution < -0.4 is 0 Å². The molecule has 4 nitrogen and oxygen atoms in total. The van der Waals surface area contributed by atoms with Gasteiger partial charge >= 0.3 is 5.97 Å². The third-order valence-corrected chi connectivity index (χ3v) is 2.12. The van der Waals surface area contributed by atoms with Gasteiger partial charge in [0.2, 0.25) is 0 Å². The van der Waals surface area contributed by atoms with Crippen LogP contribution in [0.4, 0.5) is 0 Å². The smallest absolute Gasteiger partial charge is 0.355 e. The van der Waals surface area contributed by atoms with Crippen LogP contribution in [0.1, 0.15) is 25.0 Å². The molecular weight excluding hydrogens is 218 g/mol. The van der Waals surface area contributed by atoms with E-state index in [2.05, 4.69) is 5.16 Å². The molecule has 0 aliphatic rings. The fraction of sp³-hybridized carbons (Fsp3) is 0.385. The molecule has 0 heterocycles.